The molecule has 1 aliphatic rings. The first-order valence-corrected chi connectivity index (χ1v) is 9.34. The van der Waals surface area contributed by atoms with E-state index in [1.54, 1.807) is 11.8 Å². The lowest BCUT2D eigenvalue weighted by Gasteiger charge is -2.22. The number of thioether (sulfide) groups is 1. The minimum atomic E-state index is -0.164. The van der Waals surface area contributed by atoms with Crippen molar-refractivity contribution in [2.24, 2.45) is 0 Å². The molecule has 3 rings (SSSR count). The standard InChI is InChI=1S/C20H23NO3S/c1-13-4-7-17(8-5-13)25-15(3)20(22)21-14(2)16-6-9-18-19(12-16)24-11-10-23-18/h4-9,12,14-15H,10-11H2,1-3H3,(H,21,22)/t14-,15-/m0/s1. The Kier molecular flexibility index (Phi) is 5.53. The van der Waals surface area contributed by atoms with E-state index in [0.717, 1.165) is 22.0 Å². The number of carbonyl (C=O) groups is 1. The topological polar surface area (TPSA) is 47.6 Å². The molecule has 0 saturated heterocycles. The number of ether oxygens (including phenoxy) is 2. The van der Waals surface area contributed by atoms with Gasteiger partial charge in [0.1, 0.15) is 13.2 Å². The predicted octanol–water partition coefficient (Wildman–Crippen LogP) is 4.12. The summed E-state index contributed by atoms with van der Waals surface area (Å²) >= 11 is 1.56. The number of hydrogen-bond donors (Lipinski definition) is 1. The van der Waals surface area contributed by atoms with E-state index in [9.17, 15) is 4.79 Å². The van der Waals surface area contributed by atoms with Gasteiger partial charge in [-0.2, -0.15) is 0 Å². The fraction of sp³-hybridized carbons (Fsp3) is 0.350. The Hall–Kier alpha value is -2.14. The molecular weight excluding hydrogens is 334 g/mol. The molecule has 1 heterocycles. The molecule has 0 unspecified atom stereocenters. The van der Waals surface area contributed by atoms with Crippen LogP contribution in [0.15, 0.2) is 47.4 Å². The summed E-state index contributed by atoms with van der Waals surface area (Å²) in [4.78, 5) is 13.6. The monoisotopic (exact) mass is 357 g/mol. The van der Waals surface area contributed by atoms with Crippen molar-refractivity contribution in [2.45, 2.75) is 37.0 Å². The van der Waals surface area contributed by atoms with Crippen LogP contribution in [0.1, 0.15) is 31.0 Å². The van der Waals surface area contributed by atoms with Gasteiger partial charge in [0.2, 0.25) is 5.91 Å². The molecule has 5 heteroatoms. The molecule has 0 bridgehead atoms. The molecule has 0 aliphatic carbocycles. The number of rotatable bonds is 5. The van der Waals surface area contributed by atoms with Crippen LogP contribution in [0.25, 0.3) is 0 Å². The molecule has 0 spiro atoms. The van der Waals surface area contributed by atoms with Crippen LogP contribution in [0.5, 0.6) is 11.5 Å². The molecule has 1 N–H and O–H groups in total. The van der Waals surface area contributed by atoms with Crippen LogP contribution in [-0.4, -0.2) is 24.4 Å². The number of benzene rings is 2. The van der Waals surface area contributed by atoms with Crippen molar-refractivity contribution in [1.82, 2.24) is 5.32 Å². The first-order chi connectivity index (χ1) is 12.0. The highest BCUT2D eigenvalue weighted by Gasteiger charge is 2.19. The maximum Gasteiger partial charge on any atom is 0.233 e. The van der Waals surface area contributed by atoms with Crippen LogP contribution >= 0.6 is 11.8 Å². The highest BCUT2D eigenvalue weighted by Crippen LogP contribution is 2.32. The van der Waals surface area contributed by atoms with Crippen LogP contribution in [0.3, 0.4) is 0 Å². The molecule has 132 valence electrons. The van der Waals surface area contributed by atoms with E-state index >= 15 is 0 Å². The van der Waals surface area contributed by atoms with Gasteiger partial charge in [-0.15, -0.1) is 11.8 Å². The summed E-state index contributed by atoms with van der Waals surface area (Å²) in [7, 11) is 0. The van der Waals surface area contributed by atoms with Gasteiger partial charge in [0.25, 0.3) is 0 Å². The third-order valence-electron chi connectivity index (χ3n) is 4.13. The second-order valence-corrected chi connectivity index (χ2v) is 7.62. The van der Waals surface area contributed by atoms with Crippen LogP contribution in [0, 0.1) is 6.92 Å². The molecule has 4 nitrogen and oxygen atoms in total. The van der Waals surface area contributed by atoms with Gasteiger partial charge in [0.05, 0.1) is 11.3 Å². The largest absolute Gasteiger partial charge is 0.486 e. The van der Waals surface area contributed by atoms with Gasteiger partial charge in [-0.1, -0.05) is 23.8 Å². The van der Waals surface area contributed by atoms with E-state index in [2.05, 4.69) is 24.4 Å². The summed E-state index contributed by atoms with van der Waals surface area (Å²) in [6.45, 7) is 7.09. The minimum Gasteiger partial charge on any atom is -0.486 e. The van der Waals surface area contributed by atoms with Gasteiger partial charge in [-0.25, -0.2) is 0 Å². The number of carbonyl (C=O) groups excluding carboxylic acids is 1. The smallest absolute Gasteiger partial charge is 0.233 e. The molecule has 2 atom stereocenters. The Balaban J connectivity index is 1.60. The van der Waals surface area contributed by atoms with Crippen molar-refractivity contribution in [3.8, 4) is 11.5 Å². The van der Waals surface area contributed by atoms with Gasteiger partial charge in [0, 0.05) is 4.90 Å². The molecule has 25 heavy (non-hydrogen) atoms. The molecule has 0 saturated carbocycles. The van der Waals surface area contributed by atoms with Crippen LogP contribution in [0.2, 0.25) is 0 Å². The lowest BCUT2D eigenvalue weighted by Crippen LogP contribution is -2.33. The summed E-state index contributed by atoms with van der Waals surface area (Å²) in [5.41, 5.74) is 2.22. The van der Waals surface area contributed by atoms with Crippen LogP contribution in [-0.2, 0) is 4.79 Å². The van der Waals surface area contributed by atoms with Gasteiger partial charge in [0.15, 0.2) is 11.5 Å². The lowest BCUT2D eigenvalue weighted by molar-refractivity contribution is -0.120. The van der Waals surface area contributed by atoms with Crippen molar-refractivity contribution in [3.63, 3.8) is 0 Å². The second-order valence-electron chi connectivity index (χ2n) is 6.21. The summed E-state index contributed by atoms with van der Waals surface area (Å²) in [5, 5.41) is 2.91. The molecular formula is C20H23NO3S. The number of nitrogens with one attached hydrogen (secondary N) is 1. The zero-order chi connectivity index (χ0) is 17.8. The Morgan fingerprint density at radius 2 is 1.72 bits per heavy atom. The Morgan fingerprint density at radius 3 is 2.44 bits per heavy atom. The van der Waals surface area contributed by atoms with Gasteiger partial charge in [-0.3, -0.25) is 4.79 Å². The number of amides is 1. The fourth-order valence-electron chi connectivity index (χ4n) is 2.62. The third-order valence-corrected chi connectivity index (χ3v) is 5.24. The van der Waals surface area contributed by atoms with E-state index in [4.69, 9.17) is 9.47 Å². The van der Waals surface area contributed by atoms with Gasteiger partial charge in [-0.05, 0) is 50.6 Å². The van der Waals surface area contributed by atoms with Gasteiger partial charge >= 0.3 is 0 Å². The van der Waals surface area contributed by atoms with Crippen molar-refractivity contribution in [1.29, 1.82) is 0 Å². The number of aryl methyl sites for hydroxylation is 1. The average Bonchev–Trinajstić information content (AvgIpc) is 2.63. The van der Waals surface area contributed by atoms with Crippen molar-refractivity contribution in [2.75, 3.05) is 13.2 Å². The summed E-state index contributed by atoms with van der Waals surface area (Å²) in [5.74, 6) is 1.52. The van der Waals surface area contributed by atoms with Crippen molar-refractivity contribution >= 4 is 17.7 Å². The van der Waals surface area contributed by atoms with E-state index in [0.29, 0.717) is 13.2 Å². The Bertz CT molecular complexity index is 745. The second kappa shape index (κ2) is 7.83. The predicted molar refractivity (Wildman–Crippen MR) is 100 cm³/mol. The van der Waals surface area contributed by atoms with Crippen molar-refractivity contribution < 1.29 is 14.3 Å². The molecule has 1 amide bonds. The van der Waals surface area contributed by atoms with E-state index in [-0.39, 0.29) is 17.2 Å². The molecule has 0 fully saturated rings. The summed E-state index contributed by atoms with van der Waals surface area (Å²) < 4.78 is 11.2. The molecule has 2 aromatic rings. The fourth-order valence-corrected chi connectivity index (χ4v) is 3.49. The highest BCUT2D eigenvalue weighted by molar-refractivity contribution is 8.00. The van der Waals surface area contributed by atoms with E-state index in [1.165, 1.54) is 5.56 Å². The number of fused-ring (bicyclic) bond motifs is 1. The molecule has 1 aliphatic heterocycles. The normalized spacial score (nSPS) is 15.3. The molecule has 2 aromatic carbocycles. The highest BCUT2D eigenvalue weighted by atomic mass is 32.2. The van der Waals surface area contributed by atoms with E-state index < -0.39 is 0 Å². The first-order valence-electron chi connectivity index (χ1n) is 8.46. The summed E-state index contributed by atoms with van der Waals surface area (Å²) in [6.07, 6.45) is 0. The SMILES string of the molecule is Cc1ccc(S[C@@H](C)C(=O)N[C@@H](C)c2ccc3c(c2)OCCO3)cc1. The van der Waals surface area contributed by atoms with Gasteiger partial charge < -0.3 is 14.8 Å². The minimum absolute atomic E-state index is 0.0213. The maximum atomic E-state index is 12.5. The zero-order valence-electron chi connectivity index (χ0n) is 14.7. The number of hydrogen-bond acceptors (Lipinski definition) is 4. The average molecular weight is 357 g/mol. The third kappa shape index (κ3) is 4.48. The Morgan fingerprint density at radius 1 is 1.04 bits per heavy atom. The van der Waals surface area contributed by atoms with Crippen molar-refractivity contribution in [3.05, 3.63) is 53.6 Å². The van der Waals surface area contributed by atoms with Crippen LogP contribution < -0.4 is 14.8 Å². The molecule has 0 radical (unpaired) electrons. The van der Waals surface area contributed by atoms with E-state index in [1.807, 2.05) is 44.2 Å². The lowest BCUT2D eigenvalue weighted by atomic mass is 10.1. The first kappa shape index (κ1) is 17.7. The Labute approximate surface area is 152 Å². The van der Waals surface area contributed by atoms with Crippen LogP contribution in [0.4, 0.5) is 0 Å². The zero-order valence-corrected chi connectivity index (χ0v) is 15.6. The summed E-state index contributed by atoms with van der Waals surface area (Å²) in [6, 6.07) is 13.9. The molecule has 0 aromatic heterocycles. The maximum absolute atomic E-state index is 12.5. The quantitative estimate of drug-likeness (QED) is 0.818.